The number of hydrogen-bond donors (Lipinski definition) is 1. The number of benzene rings is 3. The highest BCUT2D eigenvalue weighted by molar-refractivity contribution is 6.30. The number of hydrogen-bond acceptors (Lipinski definition) is 3. The molecule has 0 bridgehead atoms. The van der Waals surface area contributed by atoms with Crippen molar-refractivity contribution in [3.05, 3.63) is 99.6 Å². The Balaban J connectivity index is 1.51. The normalized spacial score (nSPS) is 16.9. The van der Waals surface area contributed by atoms with Crippen molar-refractivity contribution in [1.29, 1.82) is 0 Å². The smallest absolute Gasteiger partial charge is 0.323 e. The Kier molecular flexibility index (Phi) is 6.94. The van der Waals surface area contributed by atoms with E-state index in [4.69, 9.17) is 16.3 Å². The molecule has 0 radical (unpaired) electrons. The second kappa shape index (κ2) is 9.90. The number of carboxylic acid groups (broad SMARTS) is 1. The first kappa shape index (κ1) is 23.8. The minimum absolute atomic E-state index is 0.233. The van der Waals surface area contributed by atoms with E-state index in [0.29, 0.717) is 10.6 Å². The molecule has 0 aromatic heterocycles. The van der Waals surface area contributed by atoms with Gasteiger partial charge in [-0.3, -0.25) is 9.59 Å². The highest BCUT2D eigenvalue weighted by atomic mass is 35.5. The van der Waals surface area contributed by atoms with Gasteiger partial charge in [0.05, 0.1) is 0 Å². The zero-order chi connectivity index (χ0) is 24.3. The molecular formula is C28H28ClNO4. The van der Waals surface area contributed by atoms with Crippen molar-refractivity contribution in [2.45, 2.75) is 45.3 Å². The minimum Gasteiger partial charge on any atom is -0.487 e. The van der Waals surface area contributed by atoms with Gasteiger partial charge < -0.3 is 14.7 Å². The molecule has 0 saturated heterocycles. The first-order valence-corrected chi connectivity index (χ1v) is 11.7. The maximum absolute atomic E-state index is 13.2. The SMILES string of the molecule is Cc1ccc(CN(CC(=O)O)C(=O)c2ccc3c(c2)CCC(C)(Cc2cccc(Cl)c2)O3)cc1. The van der Waals surface area contributed by atoms with E-state index in [2.05, 4.69) is 6.92 Å². The number of rotatable bonds is 7. The summed E-state index contributed by atoms with van der Waals surface area (Å²) in [6.07, 6.45) is 2.30. The lowest BCUT2D eigenvalue weighted by atomic mass is 9.87. The van der Waals surface area contributed by atoms with Gasteiger partial charge >= 0.3 is 5.97 Å². The molecule has 1 atom stereocenters. The fourth-order valence-corrected chi connectivity index (χ4v) is 4.60. The second-order valence-corrected chi connectivity index (χ2v) is 9.66. The second-order valence-electron chi connectivity index (χ2n) is 9.22. The van der Waals surface area contributed by atoms with Crippen LogP contribution in [0.3, 0.4) is 0 Å². The summed E-state index contributed by atoms with van der Waals surface area (Å²) in [5, 5.41) is 10.1. The van der Waals surface area contributed by atoms with Gasteiger partial charge in [-0.1, -0.05) is 53.6 Å². The number of carbonyl (C=O) groups excluding carboxylic acids is 1. The van der Waals surface area contributed by atoms with Crippen LogP contribution in [0.4, 0.5) is 0 Å². The van der Waals surface area contributed by atoms with Crippen LogP contribution in [-0.2, 0) is 24.2 Å². The lowest BCUT2D eigenvalue weighted by molar-refractivity contribution is -0.137. The predicted octanol–water partition coefficient (Wildman–Crippen LogP) is 5.70. The van der Waals surface area contributed by atoms with Crippen LogP contribution in [0.15, 0.2) is 66.7 Å². The van der Waals surface area contributed by atoms with Crippen LogP contribution >= 0.6 is 11.6 Å². The third-order valence-corrected chi connectivity index (χ3v) is 6.40. The topological polar surface area (TPSA) is 66.8 Å². The number of aliphatic carboxylic acids is 1. The number of amides is 1. The molecule has 5 nitrogen and oxygen atoms in total. The third kappa shape index (κ3) is 5.78. The average molecular weight is 478 g/mol. The average Bonchev–Trinajstić information content (AvgIpc) is 2.79. The lowest BCUT2D eigenvalue weighted by Crippen LogP contribution is -2.39. The lowest BCUT2D eigenvalue weighted by Gasteiger charge is -2.36. The van der Waals surface area contributed by atoms with E-state index in [1.54, 1.807) is 6.07 Å². The molecule has 1 amide bonds. The molecule has 0 saturated carbocycles. The van der Waals surface area contributed by atoms with Crippen LogP contribution in [0.2, 0.25) is 5.02 Å². The van der Waals surface area contributed by atoms with Crippen molar-refractivity contribution in [3.63, 3.8) is 0 Å². The van der Waals surface area contributed by atoms with Gasteiger partial charge in [0.15, 0.2) is 0 Å². The summed E-state index contributed by atoms with van der Waals surface area (Å²) in [6.45, 7) is 3.94. The molecule has 1 aliphatic heterocycles. The van der Waals surface area contributed by atoms with Crippen molar-refractivity contribution in [3.8, 4) is 5.75 Å². The molecule has 34 heavy (non-hydrogen) atoms. The maximum Gasteiger partial charge on any atom is 0.323 e. The Morgan fingerprint density at radius 2 is 1.82 bits per heavy atom. The van der Waals surface area contributed by atoms with Gasteiger partial charge in [0.25, 0.3) is 5.91 Å². The maximum atomic E-state index is 13.2. The van der Waals surface area contributed by atoms with E-state index < -0.39 is 5.97 Å². The molecule has 1 N–H and O–H groups in total. The van der Waals surface area contributed by atoms with Gasteiger partial charge in [-0.05, 0) is 73.7 Å². The number of fused-ring (bicyclic) bond motifs is 1. The summed E-state index contributed by atoms with van der Waals surface area (Å²) in [5.41, 5.74) is 4.17. The van der Waals surface area contributed by atoms with Crippen molar-refractivity contribution in [2.24, 2.45) is 0 Å². The molecule has 1 heterocycles. The molecule has 3 aromatic rings. The summed E-state index contributed by atoms with van der Waals surface area (Å²) in [5.74, 6) is -0.591. The summed E-state index contributed by atoms with van der Waals surface area (Å²) >= 11 is 6.14. The summed E-state index contributed by atoms with van der Waals surface area (Å²) in [7, 11) is 0. The Hall–Kier alpha value is -3.31. The van der Waals surface area contributed by atoms with Crippen molar-refractivity contribution in [1.82, 2.24) is 4.90 Å². The zero-order valence-corrected chi connectivity index (χ0v) is 20.1. The highest BCUT2D eigenvalue weighted by Gasteiger charge is 2.32. The molecule has 0 aliphatic carbocycles. The highest BCUT2D eigenvalue weighted by Crippen LogP contribution is 2.36. The third-order valence-electron chi connectivity index (χ3n) is 6.16. The van der Waals surface area contributed by atoms with Crippen LogP contribution in [0.25, 0.3) is 0 Å². The number of nitrogens with zero attached hydrogens (tertiary/aromatic N) is 1. The van der Waals surface area contributed by atoms with E-state index in [0.717, 1.165) is 47.3 Å². The van der Waals surface area contributed by atoms with Gasteiger partial charge in [-0.25, -0.2) is 0 Å². The zero-order valence-electron chi connectivity index (χ0n) is 19.4. The summed E-state index contributed by atoms with van der Waals surface area (Å²) < 4.78 is 6.37. The molecule has 6 heteroatoms. The Morgan fingerprint density at radius 3 is 2.53 bits per heavy atom. The van der Waals surface area contributed by atoms with Gasteiger partial charge in [-0.2, -0.15) is 0 Å². The van der Waals surface area contributed by atoms with E-state index in [1.807, 2.05) is 67.6 Å². The molecule has 4 rings (SSSR count). The van der Waals surface area contributed by atoms with E-state index in [1.165, 1.54) is 4.90 Å². The Bertz CT molecular complexity index is 1210. The standard InChI is InChI=1S/C28H28ClNO4/c1-19-6-8-20(9-7-19)17-30(18-26(31)32)27(33)23-10-11-25-22(15-23)12-13-28(2,34-25)16-21-4-3-5-24(29)14-21/h3-11,14-15H,12-13,16-18H2,1-2H3,(H,31,32). The molecule has 3 aromatic carbocycles. The number of aryl methyl sites for hydroxylation is 2. The quantitative estimate of drug-likeness (QED) is 0.474. The summed E-state index contributed by atoms with van der Waals surface area (Å²) in [6, 6.07) is 20.9. The van der Waals surface area contributed by atoms with Gasteiger partial charge in [0.2, 0.25) is 0 Å². The van der Waals surface area contributed by atoms with Crippen molar-refractivity contribution >= 4 is 23.5 Å². The van der Waals surface area contributed by atoms with Crippen LogP contribution in [0.1, 0.15) is 46.0 Å². The molecule has 0 spiro atoms. The van der Waals surface area contributed by atoms with Gasteiger partial charge in [0.1, 0.15) is 17.9 Å². The molecule has 176 valence electrons. The molecular weight excluding hydrogens is 450 g/mol. The number of carbonyl (C=O) groups is 2. The Labute approximate surface area is 204 Å². The monoisotopic (exact) mass is 477 g/mol. The van der Waals surface area contributed by atoms with Crippen LogP contribution in [0, 0.1) is 6.92 Å². The van der Waals surface area contributed by atoms with Crippen LogP contribution in [0.5, 0.6) is 5.75 Å². The molecule has 1 aliphatic rings. The summed E-state index contributed by atoms with van der Waals surface area (Å²) in [4.78, 5) is 26.1. The molecule has 0 fully saturated rings. The van der Waals surface area contributed by atoms with E-state index in [-0.39, 0.29) is 24.6 Å². The Morgan fingerprint density at radius 1 is 1.06 bits per heavy atom. The van der Waals surface area contributed by atoms with Crippen molar-refractivity contribution < 1.29 is 19.4 Å². The number of ether oxygens (including phenoxy) is 1. The largest absolute Gasteiger partial charge is 0.487 e. The first-order chi connectivity index (χ1) is 16.2. The van der Waals surface area contributed by atoms with Crippen molar-refractivity contribution in [2.75, 3.05) is 6.54 Å². The molecule has 1 unspecified atom stereocenters. The van der Waals surface area contributed by atoms with Crippen LogP contribution < -0.4 is 4.74 Å². The van der Waals surface area contributed by atoms with Crippen LogP contribution in [-0.4, -0.2) is 34.0 Å². The fraction of sp³-hybridized carbons (Fsp3) is 0.286. The minimum atomic E-state index is -1.04. The van der Waals surface area contributed by atoms with Gasteiger partial charge in [0, 0.05) is 23.6 Å². The first-order valence-electron chi connectivity index (χ1n) is 11.3. The van der Waals surface area contributed by atoms with E-state index in [9.17, 15) is 14.7 Å². The number of halogens is 1. The fourth-order valence-electron chi connectivity index (χ4n) is 4.39. The number of carboxylic acids is 1. The van der Waals surface area contributed by atoms with E-state index >= 15 is 0 Å². The predicted molar refractivity (Wildman–Crippen MR) is 133 cm³/mol. The van der Waals surface area contributed by atoms with Gasteiger partial charge in [-0.15, -0.1) is 0 Å².